The van der Waals surface area contributed by atoms with Crippen molar-refractivity contribution in [3.8, 4) is 0 Å². The molecular weight excluding hydrogens is 370 g/mol. The Morgan fingerprint density at radius 2 is 2.10 bits per heavy atom. The van der Waals surface area contributed by atoms with Gasteiger partial charge in [-0.1, -0.05) is 0 Å². The summed E-state index contributed by atoms with van der Waals surface area (Å²) >= 11 is 0. The predicted octanol–water partition coefficient (Wildman–Crippen LogP) is 2.78. The number of ether oxygens (including phenoxy) is 1. The third kappa shape index (κ3) is 4.67. The van der Waals surface area contributed by atoms with Crippen molar-refractivity contribution < 1.29 is 9.53 Å². The highest BCUT2D eigenvalue weighted by molar-refractivity contribution is 5.78. The van der Waals surface area contributed by atoms with Crippen molar-refractivity contribution in [1.82, 2.24) is 35.2 Å². The van der Waals surface area contributed by atoms with Gasteiger partial charge in [-0.25, -0.2) is 9.78 Å². The van der Waals surface area contributed by atoms with Gasteiger partial charge < -0.3 is 20.4 Å². The van der Waals surface area contributed by atoms with Gasteiger partial charge in [0.15, 0.2) is 11.3 Å². The molecule has 1 saturated carbocycles. The van der Waals surface area contributed by atoms with Crippen LogP contribution in [0.2, 0.25) is 0 Å². The minimum atomic E-state index is -0.456. The molecule has 1 fully saturated rings. The van der Waals surface area contributed by atoms with Crippen LogP contribution in [0.5, 0.6) is 0 Å². The third-order valence-electron chi connectivity index (χ3n) is 5.40. The normalized spacial score (nSPS) is 20.2. The highest BCUT2D eigenvalue weighted by Crippen LogP contribution is 2.25. The Kier molecular flexibility index (Phi) is 5.40. The first-order valence-corrected chi connectivity index (χ1v) is 10.2. The Bertz CT molecular complexity index is 980. The van der Waals surface area contributed by atoms with Gasteiger partial charge in [0.1, 0.15) is 11.9 Å². The summed E-state index contributed by atoms with van der Waals surface area (Å²) in [6, 6.07) is 0.478. The molecule has 0 aromatic carbocycles. The number of amides is 1. The average molecular weight is 399 g/mol. The minimum Gasteiger partial charge on any atom is -0.444 e. The van der Waals surface area contributed by atoms with Gasteiger partial charge >= 0.3 is 6.09 Å². The number of carbonyl (C=O) groups excluding carboxylic acids is 1. The number of alkyl carbamates (subject to hydrolysis) is 1. The van der Waals surface area contributed by atoms with Gasteiger partial charge in [0, 0.05) is 30.9 Å². The Morgan fingerprint density at radius 3 is 2.86 bits per heavy atom. The van der Waals surface area contributed by atoms with E-state index in [1.165, 1.54) is 0 Å². The predicted molar refractivity (Wildman–Crippen MR) is 109 cm³/mol. The largest absolute Gasteiger partial charge is 0.444 e. The molecule has 0 unspecified atom stereocenters. The van der Waals surface area contributed by atoms with Crippen LogP contribution in [0.3, 0.4) is 0 Å². The van der Waals surface area contributed by atoms with Crippen molar-refractivity contribution in [2.75, 3.05) is 6.54 Å². The van der Waals surface area contributed by atoms with Crippen molar-refractivity contribution in [2.24, 2.45) is 5.92 Å². The Hall–Kier alpha value is -2.68. The number of nitrogens with zero attached hydrogens (tertiary/aromatic N) is 4. The molecule has 3 aromatic heterocycles. The molecule has 0 saturated heterocycles. The smallest absolute Gasteiger partial charge is 0.407 e. The summed E-state index contributed by atoms with van der Waals surface area (Å²) in [6.07, 6.45) is 9.51. The van der Waals surface area contributed by atoms with Crippen LogP contribution < -0.4 is 10.6 Å². The van der Waals surface area contributed by atoms with Crippen molar-refractivity contribution >= 4 is 22.9 Å². The van der Waals surface area contributed by atoms with Crippen LogP contribution in [-0.2, 0) is 11.3 Å². The van der Waals surface area contributed by atoms with Crippen LogP contribution in [0.15, 0.2) is 18.7 Å². The SMILES string of the molecule is CC(C)(C)OC(=O)NC[C@H]1CC[C@H](NCc2c[nH]c3ncc4nncn4c23)CC1. The van der Waals surface area contributed by atoms with Gasteiger partial charge in [0.05, 0.1) is 11.7 Å². The van der Waals surface area contributed by atoms with Gasteiger partial charge in [-0.15, -0.1) is 10.2 Å². The number of hydrogen-bond donors (Lipinski definition) is 3. The molecule has 3 aromatic rings. The number of carbonyl (C=O) groups is 1. The molecule has 9 heteroatoms. The second-order valence-corrected chi connectivity index (χ2v) is 8.81. The van der Waals surface area contributed by atoms with Crippen LogP contribution in [0.1, 0.15) is 52.0 Å². The Morgan fingerprint density at radius 1 is 1.31 bits per heavy atom. The molecule has 0 atom stereocenters. The van der Waals surface area contributed by atoms with Crippen molar-refractivity contribution in [3.63, 3.8) is 0 Å². The van der Waals surface area contributed by atoms with Crippen LogP contribution in [0, 0.1) is 5.92 Å². The van der Waals surface area contributed by atoms with Gasteiger partial charge in [0.2, 0.25) is 0 Å². The summed E-state index contributed by atoms with van der Waals surface area (Å²) in [7, 11) is 0. The lowest BCUT2D eigenvalue weighted by molar-refractivity contribution is 0.0514. The molecule has 29 heavy (non-hydrogen) atoms. The highest BCUT2D eigenvalue weighted by Gasteiger charge is 2.23. The maximum Gasteiger partial charge on any atom is 0.407 e. The topological polar surface area (TPSA) is 109 Å². The minimum absolute atomic E-state index is 0.328. The number of rotatable bonds is 5. The van der Waals surface area contributed by atoms with Crippen molar-refractivity contribution in [1.29, 1.82) is 0 Å². The lowest BCUT2D eigenvalue weighted by Gasteiger charge is -2.29. The van der Waals surface area contributed by atoms with E-state index in [0.717, 1.165) is 54.6 Å². The lowest BCUT2D eigenvalue weighted by atomic mass is 9.86. The number of hydrogen-bond acceptors (Lipinski definition) is 6. The first-order valence-electron chi connectivity index (χ1n) is 10.2. The fourth-order valence-corrected chi connectivity index (χ4v) is 3.94. The second-order valence-electron chi connectivity index (χ2n) is 8.81. The van der Waals surface area contributed by atoms with E-state index in [2.05, 4.69) is 30.8 Å². The lowest BCUT2D eigenvalue weighted by Crippen LogP contribution is -2.38. The van der Waals surface area contributed by atoms with Crippen molar-refractivity contribution in [2.45, 2.75) is 64.6 Å². The maximum absolute atomic E-state index is 11.8. The van der Waals surface area contributed by atoms with Crippen LogP contribution in [-0.4, -0.2) is 48.8 Å². The zero-order chi connectivity index (χ0) is 20.4. The molecule has 4 rings (SSSR count). The molecule has 3 N–H and O–H groups in total. The van der Waals surface area contributed by atoms with Gasteiger partial charge in [-0.3, -0.25) is 4.40 Å². The summed E-state index contributed by atoms with van der Waals surface area (Å²) in [5.74, 6) is 0.509. The summed E-state index contributed by atoms with van der Waals surface area (Å²) in [4.78, 5) is 19.5. The van der Waals surface area contributed by atoms with Crippen molar-refractivity contribution in [3.05, 3.63) is 24.3 Å². The molecule has 156 valence electrons. The number of aromatic nitrogens is 5. The summed E-state index contributed by atoms with van der Waals surface area (Å²) in [5.41, 5.74) is 3.31. The fourth-order valence-electron chi connectivity index (χ4n) is 3.94. The van der Waals surface area contributed by atoms with E-state index in [9.17, 15) is 4.79 Å². The van der Waals surface area contributed by atoms with E-state index in [4.69, 9.17) is 4.74 Å². The van der Waals surface area contributed by atoms with E-state index < -0.39 is 5.60 Å². The summed E-state index contributed by atoms with van der Waals surface area (Å²) in [5, 5.41) is 14.6. The third-order valence-corrected chi connectivity index (χ3v) is 5.40. The monoisotopic (exact) mass is 399 g/mol. The Labute approximate surface area is 169 Å². The molecule has 0 bridgehead atoms. The molecule has 1 aliphatic rings. The fraction of sp³-hybridized carbons (Fsp3) is 0.600. The standard InChI is InChI=1S/C20H29N7O2/c1-20(2,3)29-19(28)24-8-13-4-6-15(7-5-13)21-9-14-10-22-18-17(14)27-12-25-26-16(27)11-23-18/h10-13,15,21-22H,4-9H2,1-3H3,(H,24,28)/t13-,15-. The molecule has 0 spiro atoms. The number of nitrogens with one attached hydrogen (secondary N) is 3. The number of aromatic amines is 1. The average Bonchev–Trinajstić information content (AvgIpc) is 3.30. The molecule has 3 heterocycles. The van der Waals surface area contributed by atoms with E-state index in [0.29, 0.717) is 18.5 Å². The molecule has 0 radical (unpaired) electrons. The van der Waals surface area contributed by atoms with Crippen LogP contribution >= 0.6 is 0 Å². The first kappa shape index (κ1) is 19.6. The quantitative estimate of drug-likeness (QED) is 0.609. The number of fused-ring (bicyclic) bond motifs is 3. The highest BCUT2D eigenvalue weighted by atomic mass is 16.6. The van der Waals surface area contributed by atoms with E-state index in [-0.39, 0.29) is 6.09 Å². The van der Waals surface area contributed by atoms with Crippen LogP contribution in [0.4, 0.5) is 4.79 Å². The summed E-state index contributed by atoms with van der Waals surface area (Å²) < 4.78 is 7.28. The molecule has 1 amide bonds. The Balaban J connectivity index is 1.26. The van der Waals surface area contributed by atoms with Gasteiger partial charge in [-0.2, -0.15) is 0 Å². The van der Waals surface area contributed by atoms with Gasteiger partial charge in [-0.05, 0) is 52.4 Å². The van der Waals surface area contributed by atoms with Crippen LogP contribution in [0.25, 0.3) is 16.8 Å². The second kappa shape index (κ2) is 7.98. The van der Waals surface area contributed by atoms with E-state index >= 15 is 0 Å². The molecular formula is C20H29N7O2. The maximum atomic E-state index is 11.8. The van der Waals surface area contributed by atoms with E-state index in [1.54, 1.807) is 12.5 Å². The molecule has 9 nitrogen and oxygen atoms in total. The number of H-pyrrole nitrogens is 1. The molecule has 1 aliphatic carbocycles. The molecule has 0 aliphatic heterocycles. The zero-order valence-electron chi connectivity index (χ0n) is 17.2. The van der Waals surface area contributed by atoms with Gasteiger partial charge in [0.25, 0.3) is 0 Å². The zero-order valence-corrected chi connectivity index (χ0v) is 17.2. The van der Waals surface area contributed by atoms with E-state index in [1.807, 2.05) is 31.4 Å². The summed E-state index contributed by atoms with van der Waals surface area (Å²) in [6.45, 7) is 7.08. The first-order chi connectivity index (χ1) is 13.9.